The van der Waals surface area contributed by atoms with Crippen molar-refractivity contribution in [1.82, 2.24) is 0 Å². The maximum absolute atomic E-state index is 13.1. The van der Waals surface area contributed by atoms with E-state index in [1.165, 1.54) is 180 Å². The van der Waals surface area contributed by atoms with Gasteiger partial charge in [0.1, 0.15) is 19.3 Å². The van der Waals surface area contributed by atoms with Gasteiger partial charge in [-0.15, -0.1) is 0 Å². The highest BCUT2D eigenvalue weighted by atomic mass is 31.2. The van der Waals surface area contributed by atoms with Gasteiger partial charge in [-0.25, -0.2) is 9.13 Å². The fourth-order valence-corrected chi connectivity index (χ4v) is 12.8. The highest BCUT2D eigenvalue weighted by Crippen LogP contribution is 2.45. The van der Waals surface area contributed by atoms with Crippen LogP contribution in [0.3, 0.4) is 0 Å². The van der Waals surface area contributed by atoms with E-state index in [1.807, 2.05) is 0 Å². The Morgan fingerprint density at radius 1 is 0.290 bits per heavy atom. The molecule has 552 valence electrons. The number of unbranched alkanes of at least 4 members (excludes halogenated alkanes) is 40. The molecular formula is C74H144O17P2. The number of aliphatic hydroxyl groups is 1. The topological polar surface area (TPSA) is 237 Å². The first-order chi connectivity index (χ1) is 44.7. The van der Waals surface area contributed by atoms with Crippen LogP contribution in [0, 0.1) is 17.8 Å². The third-order valence-corrected chi connectivity index (χ3v) is 19.0. The summed E-state index contributed by atoms with van der Waals surface area (Å²) in [6.07, 6.45) is 50.4. The van der Waals surface area contributed by atoms with Crippen LogP contribution in [0.2, 0.25) is 0 Å². The number of ether oxygens (including phenoxy) is 4. The van der Waals surface area contributed by atoms with Gasteiger partial charge in [-0.1, -0.05) is 325 Å². The van der Waals surface area contributed by atoms with Gasteiger partial charge in [0.2, 0.25) is 0 Å². The van der Waals surface area contributed by atoms with Crippen LogP contribution in [0.25, 0.3) is 0 Å². The lowest BCUT2D eigenvalue weighted by Crippen LogP contribution is -2.30. The zero-order chi connectivity index (χ0) is 68.7. The van der Waals surface area contributed by atoms with Gasteiger partial charge in [-0.2, -0.15) is 0 Å². The normalized spacial score (nSPS) is 14.1. The summed E-state index contributed by atoms with van der Waals surface area (Å²) >= 11 is 0. The van der Waals surface area contributed by atoms with Gasteiger partial charge in [0.15, 0.2) is 12.2 Å². The molecule has 0 aliphatic rings. The number of phosphoric ester groups is 2. The van der Waals surface area contributed by atoms with Crippen molar-refractivity contribution in [2.75, 3.05) is 39.6 Å². The molecule has 0 aromatic rings. The van der Waals surface area contributed by atoms with Crippen LogP contribution in [0.4, 0.5) is 0 Å². The number of hydrogen-bond donors (Lipinski definition) is 3. The molecule has 0 spiro atoms. The minimum Gasteiger partial charge on any atom is -0.462 e. The van der Waals surface area contributed by atoms with Crippen LogP contribution >= 0.6 is 15.6 Å². The molecule has 0 heterocycles. The zero-order valence-corrected chi connectivity index (χ0v) is 62.5. The van der Waals surface area contributed by atoms with Crippen molar-refractivity contribution in [2.24, 2.45) is 17.8 Å². The van der Waals surface area contributed by atoms with Crippen molar-refractivity contribution < 1.29 is 80.2 Å². The third kappa shape index (κ3) is 68.4. The molecule has 93 heavy (non-hydrogen) atoms. The quantitative estimate of drug-likeness (QED) is 0.0222. The maximum atomic E-state index is 13.1. The zero-order valence-electron chi connectivity index (χ0n) is 60.7. The molecule has 0 aromatic heterocycles. The lowest BCUT2D eigenvalue weighted by molar-refractivity contribution is -0.161. The SMILES string of the molecule is CCCCCCCCCCCCCCCCCCCCC(=O)O[C@H](COC(=O)CCCCCCCCCCCCCCCCC(C)C)COP(=O)(O)OC[C@@H](O)COP(=O)(O)OC[C@@H](COC(=O)CCCCCCCCC(C)C)OC(=O)CCCCCCCCC(C)C. The smallest absolute Gasteiger partial charge is 0.462 e. The lowest BCUT2D eigenvalue weighted by Gasteiger charge is -2.21. The molecule has 0 fully saturated rings. The molecule has 0 saturated heterocycles. The highest BCUT2D eigenvalue weighted by molar-refractivity contribution is 7.47. The van der Waals surface area contributed by atoms with E-state index in [0.29, 0.717) is 37.5 Å². The molecule has 0 aliphatic heterocycles. The van der Waals surface area contributed by atoms with Gasteiger partial charge in [-0.05, 0) is 43.4 Å². The van der Waals surface area contributed by atoms with E-state index >= 15 is 0 Å². The average molecular weight is 1370 g/mol. The molecule has 0 bridgehead atoms. The predicted octanol–water partition coefficient (Wildman–Crippen LogP) is 21.4. The number of carbonyl (C=O) groups excluding carboxylic acids is 4. The van der Waals surface area contributed by atoms with Crippen LogP contribution in [-0.2, 0) is 65.4 Å². The molecule has 0 saturated carbocycles. The largest absolute Gasteiger partial charge is 0.472 e. The summed E-state index contributed by atoms with van der Waals surface area (Å²) < 4.78 is 68.3. The third-order valence-electron chi connectivity index (χ3n) is 17.1. The average Bonchev–Trinajstić information content (AvgIpc) is 2.90. The summed E-state index contributed by atoms with van der Waals surface area (Å²) in [6.45, 7) is 11.7. The molecule has 5 atom stereocenters. The van der Waals surface area contributed by atoms with Gasteiger partial charge in [0, 0.05) is 25.7 Å². The van der Waals surface area contributed by atoms with Gasteiger partial charge in [0.05, 0.1) is 26.4 Å². The van der Waals surface area contributed by atoms with Gasteiger partial charge in [-0.3, -0.25) is 37.3 Å². The second kappa shape index (κ2) is 64.7. The second-order valence-electron chi connectivity index (χ2n) is 28.1. The molecule has 0 amide bonds. The fourth-order valence-electron chi connectivity index (χ4n) is 11.2. The Balaban J connectivity index is 5.20. The van der Waals surface area contributed by atoms with E-state index in [9.17, 15) is 43.2 Å². The van der Waals surface area contributed by atoms with Crippen molar-refractivity contribution in [1.29, 1.82) is 0 Å². The Morgan fingerprint density at radius 2 is 0.495 bits per heavy atom. The summed E-state index contributed by atoms with van der Waals surface area (Å²) in [7, 11) is -9.90. The number of carbonyl (C=O) groups is 4. The Kier molecular flexibility index (Phi) is 63.4. The van der Waals surface area contributed by atoms with E-state index in [4.69, 9.17) is 37.0 Å². The summed E-state index contributed by atoms with van der Waals surface area (Å²) in [6, 6.07) is 0. The predicted molar refractivity (Wildman–Crippen MR) is 377 cm³/mol. The Morgan fingerprint density at radius 3 is 0.731 bits per heavy atom. The number of rotatable bonds is 72. The molecule has 17 nitrogen and oxygen atoms in total. The first-order valence-corrected chi connectivity index (χ1v) is 41.3. The minimum atomic E-state index is -4.96. The molecule has 19 heteroatoms. The monoisotopic (exact) mass is 1370 g/mol. The first-order valence-electron chi connectivity index (χ1n) is 38.3. The first kappa shape index (κ1) is 91.1. The summed E-state index contributed by atoms with van der Waals surface area (Å²) in [5.41, 5.74) is 0. The van der Waals surface area contributed by atoms with Crippen molar-refractivity contribution in [2.45, 2.75) is 394 Å². The Labute approximate surface area is 568 Å². The van der Waals surface area contributed by atoms with E-state index in [2.05, 4.69) is 48.5 Å². The summed E-state index contributed by atoms with van der Waals surface area (Å²) in [5, 5.41) is 10.6. The van der Waals surface area contributed by atoms with E-state index < -0.39 is 97.5 Å². The Hall–Kier alpha value is -1.94. The summed E-state index contributed by atoms with van der Waals surface area (Å²) in [4.78, 5) is 72.6. The van der Waals surface area contributed by atoms with Gasteiger partial charge < -0.3 is 33.8 Å². The van der Waals surface area contributed by atoms with Crippen LogP contribution in [-0.4, -0.2) is 96.7 Å². The molecule has 3 N–H and O–H groups in total. The van der Waals surface area contributed by atoms with E-state index in [-0.39, 0.29) is 25.7 Å². The number of aliphatic hydroxyl groups excluding tert-OH is 1. The maximum Gasteiger partial charge on any atom is 0.472 e. The minimum absolute atomic E-state index is 0.101. The molecule has 0 rings (SSSR count). The van der Waals surface area contributed by atoms with Crippen LogP contribution < -0.4 is 0 Å². The van der Waals surface area contributed by atoms with E-state index in [1.54, 1.807) is 0 Å². The fraction of sp³-hybridized carbons (Fsp3) is 0.946. The number of hydrogen-bond acceptors (Lipinski definition) is 15. The standard InChI is InChI=1S/C74H144O17P2/c1-8-9-10-11-12-13-14-15-16-17-18-19-24-27-30-33-43-50-57-73(78)90-69(61-84-71(76)55-48-41-32-29-26-23-21-20-22-25-28-31-38-45-52-65(2)3)63-88-92(80,81)86-59-68(75)60-87-93(82,83)89-64-70(91-74(79)58-51-44-37-35-40-47-54-67(6)7)62-85-72(77)56-49-42-36-34-39-46-53-66(4)5/h65-70,75H,8-64H2,1-7H3,(H,80,81)(H,82,83)/t68-,69-,70-/m1/s1. The number of esters is 4. The van der Waals surface area contributed by atoms with E-state index in [0.717, 1.165) is 102 Å². The molecule has 0 radical (unpaired) electrons. The summed E-state index contributed by atoms with van der Waals surface area (Å²) in [5.74, 6) is 0.0207. The Bertz CT molecular complexity index is 1820. The van der Waals surface area contributed by atoms with Gasteiger partial charge in [0.25, 0.3) is 0 Å². The van der Waals surface area contributed by atoms with Gasteiger partial charge >= 0.3 is 39.5 Å². The van der Waals surface area contributed by atoms with Crippen molar-refractivity contribution in [3.8, 4) is 0 Å². The molecule has 0 aromatic carbocycles. The highest BCUT2D eigenvalue weighted by Gasteiger charge is 2.30. The lowest BCUT2D eigenvalue weighted by atomic mass is 10.0. The molecule has 2 unspecified atom stereocenters. The van der Waals surface area contributed by atoms with Crippen LogP contribution in [0.15, 0.2) is 0 Å². The number of phosphoric acid groups is 2. The van der Waals surface area contributed by atoms with Crippen LogP contribution in [0.5, 0.6) is 0 Å². The van der Waals surface area contributed by atoms with Crippen molar-refractivity contribution in [3.63, 3.8) is 0 Å². The molecular weight excluding hydrogens is 1220 g/mol. The molecule has 0 aliphatic carbocycles. The van der Waals surface area contributed by atoms with Crippen LogP contribution in [0.1, 0.15) is 376 Å². The van der Waals surface area contributed by atoms with Crippen molar-refractivity contribution >= 4 is 39.5 Å². The second-order valence-corrected chi connectivity index (χ2v) is 31.0. The van der Waals surface area contributed by atoms with Crippen molar-refractivity contribution in [3.05, 3.63) is 0 Å².